The fourth-order valence-electron chi connectivity index (χ4n) is 5.47. The minimum atomic E-state index is -1.44. The SMILES string of the molecule is CCNC(=O)C1OC(n2cnc3c(N)nc(C#CCC4CCN(C(=O)OCC5CCN(C)C5=O)CC4)nc32)C(O)C1O. The Bertz CT molecular complexity index is 1400. The molecule has 3 saturated heterocycles. The van der Waals surface area contributed by atoms with Crippen LogP contribution in [0.4, 0.5) is 10.6 Å². The molecule has 5 N–H and O–H groups in total. The van der Waals surface area contributed by atoms with E-state index >= 15 is 0 Å². The number of imidazole rings is 1. The second-order valence-electron chi connectivity index (χ2n) is 10.8. The lowest BCUT2D eigenvalue weighted by Crippen LogP contribution is -2.42. The van der Waals surface area contributed by atoms with Gasteiger partial charge in [-0.2, -0.15) is 0 Å². The molecule has 15 nitrogen and oxygen atoms in total. The first-order valence-electron chi connectivity index (χ1n) is 14.1. The number of aliphatic hydroxyl groups is 2. The molecule has 3 aliphatic heterocycles. The molecule has 0 radical (unpaired) electrons. The number of carbonyl (C=O) groups is 3. The Balaban J connectivity index is 1.17. The summed E-state index contributed by atoms with van der Waals surface area (Å²) in [7, 11) is 1.75. The van der Waals surface area contributed by atoms with Crippen LogP contribution in [0.5, 0.6) is 0 Å². The van der Waals surface area contributed by atoms with E-state index in [2.05, 4.69) is 32.1 Å². The number of hydrogen-bond donors (Lipinski definition) is 4. The number of likely N-dealkylation sites (tertiary alicyclic amines) is 2. The van der Waals surface area contributed by atoms with E-state index in [1.54, 1.807) is 23.8 Å². The molecule has 15 heteroatoms. The van der Waals surface area contributed by atoms with Gasteiger partial charge in [0.15, 0.2) is 23.8 Å². The molecule has 42 heavy (non-hydrogen) atoms. The number of piperidine rings is 1. The number of aromatic nitrogens is 4. The van der Waals surface area contributed by atoms with Gasteiger partial charge in [-0.25, -0.2) is 19.7 Å². The number of nitrogen functional groups attached to an aromatic ring is 1. The van der Waals surface area contributed by atoms with Crippen molar-refractivity contribution in [3.8, 4) is 11.8 Å². The Kier molecular flexibility index (Phi) is 8.76. The van der Waals surface area contributed by atoms with Crippen LogP contribution in [0.2, 0.25) is 0 Å². The predicted molar refractivity (Wildman–Crippen MR) is 147 cm³/mol. The first-order valence-corrected chi connectivity index (χ1v) is 14.1. The van der Waals surface area contributed by atoms with Crippen LogP contribution in [0.3, 0.4) is 0 Å². The molecule has 226 valence electrons. The maximum Gasteiger partial charge on any atom is 0.409 e. The van der Waals surface area contributed by atoms with Gasteiger partial charge in [0.1, 0.15) is 24.3 Å². The van der Waals surface area contributed by atoms with Gasteiger partial charge in [0.2, 0.25) is 11.7 Å². The smallest absolute Gasteiger partial charge is 0.409 e. The van der Waals surface area contributed by atoms with Gasteiger partial charge in [-0.1, -0.05) is 5.92 Å². The summed E-state index contributed by atoms with van der Waals surface area (Å²) >= 11 is 0. The van der Waals surface area contributed by atoms with Gasteiger partial charge >= 0.3 is 6.09 Å². The predicted octanol–water partition coefficient (Wildman–Crippen LogP) is -0.768. The van der Waals surface area contributed by atoms with Crippen molar-refractivity contribution in [3.05, 3.63) is 12.2 Å². The van der Waals surface area contributed by atoms with Crippen molar-refractivity contribution in [1.29, 1.82) is 0 Å². The highest BCUT2D eigenvalue weighted by Crippen LogP contribution is 2.32. The maximum absolute atomic E-state index is 12.5. The van der Waals surface area contributed by atoms with Crippen LogP contribution in [-0.2, 0) is 19.1 Å². The number of nitrogens with two attached hydrogens (primary N) is 1. The molecule has 2 aromatic heterocycles. The third-order valence-electron chi connectivity index (χ3n) is 7.98. The van der Waals surface area contributed by atoms with Crippen molar-refractivity contribution in [2.75, 3.05) is 45.6 Å². The van der Waals surface area contributed by atoms with Crippen molar-refractivity contribution in [3.63, 3.8) is 0 Å². The van der Waals surface area contributed by atoms with E-state index in [1.807, 2.05) is 0 Å². The fraction of sp³-hybridized carbons (Fsp3) is 0.630. The molecule has 0 saturated carbocycles. The van der Waals surface area contributed by atoms with Crippen LogP contribution in [0, 0.1) is 23.7 Å². The molecule has 0 aliphatic carbocycles. The number of nitrogens with zero attached hydrogens (tertiary/aromatic N) is 6. The normalized spacial score (nSPS) is 26.4. The molecule has 5 rings (SSSR count). The van der Waals surface area contributed by atoms with Gasteiger partial charge in [0.25, 0.3) is 5.91 Å². The average molecular weight is 585 g/mol. The number of carbonyl (C=O) groups excluding carboxylic acids is 3. The van der Waals surface area contributed by atoms with Gasteiger partial charge in [0.05, 0.1) is 12.2 Å². The Hall–Kier alpha value is -4.00. The van der Waals surface area contributed by atoms with E-state index in [0.717, 1.165) is 12.8 Å². The van der Waals surface area contributed by atoms with E-state index in [9.17, 15) is 24.6 Å². The molecule has 5 atom stereocenters. The zero-order valence-corrected chi connectivity index (χ0v) is 23.6. The van der Waals surface area contributed by atoms with E-state index in [-0.39, 0.29) is 47.2 Å². The summed E-state index contributed by atoms with van der Waals surface area (Å²) in [6, 6.07) is 0. The first-order chi connectivity index (χ1) is 20.2. The molecular formula is C27H36N8O7. The van der Waals surface area contributed by atoms with Crippen molar-refractivity contribution in [2.24, 2.45) is 11.8 Å². The van der Waals surface area contributed by atoms with Gasteiger partial charge in [0, 0.05) is 39.6 Å². The number of rotatable bonds is 6. The van der Waals surface area contributed by atoms with Crippen molar-refractivity contribution < 1.29 is 34.1 Å². The molecule has 3 amide bonds. The quantitative estimate of drug-likeness (QED) is 0.311. The molecule has 2 aromatic rings. The Morgan fingerprint density at radius 3 is 2.64 bits per heavy atom. The van der Waals surface area contributed by atoms with Gasteiger partial charge < -0.3 is 40.5 Å². The molecule has 3 aliphatic rings. The molecule has 3 fully saturated rings. The highest BCUT2D eigenvalue weighted by molar-refractivity contribution is 5.83. The van der Waals surface area contributed by atoms with E-state index in [4.69, 9.17) is 15.2 Å². The highest BCUT2D eigenvalue weighted by atomic mass is 16.6. The van der Waals surface area contributed by atoms with Crippen molar-refractivity contribution in [1.82, 2.24) is 34.6 Å². The lowest BCUT2D eigenvalue weighted by Gasteiger charge is -2.30. The number of ether oxygens (including phenoxy) is 2. The number of fused-ring (bicyclic) bond motifs is 1. The average Bonchev–Trinajstić information content (AvgIpc) is 3.63. The Morgan fingerprint density at radius 2 is 1.95 bits per heavy atom. The number of amides is 3. The van der Waals surface area contributed by atoms with E-state index in [1.165, 1.54) is 10.9 Å². The number of hydrogen-bond acceptors (Lipinski definition) is 11. The standard InChI is InChI=1S/C27H36N8O7/c1-3-29-24(38)21-19(36)20(37)26(42-21)35-14-30-18-22(28)31-17(32-23(18)35)6-4-5-15-7-11-34(12-8-15)27(40)41-13-16-9-10-33(2)25(16)39/h14-16,19-21,26,36-37H,3,5,7-13H2,1-2H3,(H,29,38)(H2,28,31,32). The third-order valence-corrected chi connectivity index (χ3v) is 7.98. The Labute approximate surface area is 242 Å². The van der Waals surface area contributed by atoms with Gasteiger partial charge in [-0.15, -0.1) is 0 Å². The maximum atomic E-state index is 12.5. The second-order valence-corrected chi connectivity index (χ2v) is 10.8. The first kappa shape index (κ1) is 29.5. The van der Waals surface area contributed by atoms with E-state index in [0.29, 0.717) is 39.0 Å². The molecule has 0 bridgehead atoms. The lowest BCUT2D eigenvalue weighted by molar-refractivity contribution is -0.137. The fourth-order valence-corrected chi connectivity index (χ4v) is 5.47. The zero-order chi connectivity index (χ0) is 30.0. The molecule has 0 aromatic carbocycles. The summed E-state index contributed by atoms with van der Waals surface area (Å²) in [6.07, 6.45) is -1.47. The monoisotopic (exact) mass is 584 g/mol. The molecular weight excluding hydrogens is 548 g/mol. The van der Waals surface area contributed by atoms with Crippen molar-refractivity contribution in [2.45, 2.75) is 57.1 Å². The lowest BCUT2D eigenvalue weighted by atomic mass is 9.94. The van der Waals surface area contributed by atoms with Gasteiger partial charge in [-0.3, -0.25) is 14.2 Å². The minimum Gasteiger partial charge on any atom is -0.449 e. The Morgan fingerprint density at radius 1 is 1.19 bits per heavy atom. The van der Waals surface area contributed by atoms with Crippen LogP contribution in [0.15, 0.2) is 6.33 Å². The van der Waals surface area contributed by atoms with Crippen LogP contribution >= 0.6 is 0 Å². The largest absolute Gasteiger partial charge is 0.449 e. The van der Waals surface area contributed by atoms with Crippen LogP contribution in [-0.4, -0.2) is 116 Å². The van der Waals surface area contributed by atoms with Crippen LogP contribution < -0.4 is 11.1 Å². The molecule has 5 heterocycles. The highest BCUT2D eigenvalue weighted by Gasteiger charge is 2.47. The summed E-state index contributed by atoms with van der Waals surface area (Å²) in [5, 5.41) is 23.6. The number of anilines is 1. The summed E-state index contributed by atoms with van der Waals surface area (Å²) in [5.41, 5.74) is 6.62. The topological polar surface area (TPSA) is 198 Å². The van der Waals surface area contributed by atoms with Gasteiger partial charge in [-0.05, 0) is 38.0 Å². The van der Waals surface area contributed by atoms with Crippen molar-refractivity contribution >= 4 is 34.9 Å². The number of likely N-dealkylation sites (N-methyl/N-ethyl adjacent to an activating group) is 1. The minimum absolute atomic E-state index is 0.0165. The van der Waals surface area contributed by atoms with Crippen LogP contribution in [0.25, 0.3) is 11.2 Å². The van der Waals surface area contributed by atoms with Crippen LogP contribution in [0.1, 0.15) is 44.7 Å². The zero-order valence-electron chi connectivity index (χ0n) is 23.6. The molecule has 0 spiro atoms. The summed E-state index contributed by atoms with van der Waals surface area (Å²) in [4.78, 5) is 53.0. The second kappa shape index (κ2) is 12.5. The van der Waals surface area contributed by atoms with E-state index < -0.39 is 36.5 Å². The summed E-state index contributed by atoms with van der Waals surface area (Å²) < 4.78 is 12.5. The summed E-state index contributed by atoms with van der Waals surface area (Å²) in [6.45, 7) is 3.97. The molecule has 5 unspecified atom stereocenters. The third kappa shape index (κ3) is 5.96. The number of aliphatic hydroxyl groups excluding tert-OH is 2. The summed E-state index contributed by atoms with van der Waals surface area (Å²) in [5.74, 6) is 5.78. The number of nitrogens with one attached hydrogen (secondary N) is 1.